The number of rotatable bonds is 13. The zero-order chi connectivity index (χ0) is 24.5. The Morgan fingerprint density at radius 1 is 1.00 bits per heavy atom. The summed E-state index contributed by atoms with van der Waals surface area (Å²) in [5.41, 5.74) is 0.669. The molecule has 0 spiro atoms. The van der Waals surface area contributed by atoms with Crippen molar-refractivity contribution in [3.05, 3.63) is 54.1 Å². The second-order valence-corrected chi connectivity index (χ2v) is 10.2. The molecule has 0 heterocycles. The third-order valence-corrected chi connectivity index (χ3v) is 8.07. The maximum atomic E-state index is 13.6. The summed E-state index contributed by atoms with van der Waals surface area (Å²) in [6.07, 6.45) is -0.0482. The first-order valence-electron chi connectivity index (χ1n) is 11.2. The summed E-state index contributed by atoms with van der Waals surface area (Å²) in [6, 6.07) is 13.2. The molecule has 0 aliphatic carbocycles. The van der Waals surface area contributed by atoms with Crippen LogP contribution in [0.5, 0.6) is 11.5 Å². The monoisotopic (exact) mass is 477 g/mol. The van der Waals surface area contributed by atoms with Gasteiger partial charge in [-0.2, -0.15) is 0 Å². The van der Waals surface area contributed by atoms with Gasteiger partial charge in [0.25, 0.3) is 0 Å². The first-order valence-corrected chi connectivity index (χ1v) is 12.7. The third kappa shape index (κ3) is 6.48. The van der Waals surface area contributed by atoms with Crippen molar-refractivity contribution in [1.82, 2.24) is 4.90 Å². The molecule has 2 aromatic rings. The summed E-state index contributed by atoms with van der Waals surface area (Å²) in [7, 11) is -2.57. The van der Waals surface area contributed by atoms with Crippen LogP contribution in [0.1, 0.15) is 33.3 Å². The molecule has 0 aromatic heterocycles. The number of sulfone groups is 1. The van der Waals surface area contributed by atoms with E-state index >= 15 is 0 Å². The number of likely N-dealkylation sites (N-methyl/N-ethyl adjacent to an activating group) is 1. The van der Waals surface area contributed by atoms with Crippen LogP contribution in [-0.2, 0) is 25.8 Å². The van der Waals surface area contributed by atoms with Crippen LogP contribution in [0.4, 0.5) is 0 Å². The van der Waals surface area contributed by atoms with Crippen molar-refractivity contribution in [2.45, 2.75) is 43.8 Å². The molecule has 0 saturated carbocycles. The summed E-state index contributed by atoms with van der Waals surface area (Å²) in [6.45, 7) is 10.6. The van der Waals surface area contributed by atoms with Gasteiger partial charge in [0.05, 0.1) is 18.6 Å². The van der Waals surface area contributed by atoms with E-state index in [1.165, 1.54) is 26.2 Å². The highest BCUT2D eigenvalue weighted by Crippen LogP contribution is 2.32. The van der Waals surface area contributed by atoms with E-state index in [0.29, 0.717) is 23.7 Å². The summed E-state index contributed by atoms with van der Waals surface area (Å²) < 4.78 is 41.6. The number of hydrogen-bond donors (Lipinski definition) is 0. The van der Waals surface area contributed by atoms with Gasteiger partial charge in [0.15, 0.2) is 14.6 Å². The Morgan fingerprint density at radius 2 is 1.67 bits per heavy atom. The van der Waals surface area contributed by atoms with Crippen molar-refractivity contribution >= 4 is 15.8 Å². The maximum Gasteiger partial charge on any atom is 0.327 e. The van der Waals surface area contributed by atoms with Crippen LogP contribution >= 0.6 is 0 Å². The van der Waals surface area contributed by atoms with Crippen LogP contribution in [0, 0.1) is 0 Å². The average molecular weight is 478 g/mol. The molecule has 0 aliphatic heterocycles. The molecule has 182 valence electrons. The average Bonchev–Trinajstić information content (AvgIpc) is 2.82. The standard InChI is InChI=1S/C25H35NO6S/c1-6-26(7-2)16-17-32-22-11-9-10-20(18-22)19-25(4,24(27)31-8-3)33(28,29)23-14-12-21(30-5)13-15-23/h9-15,18H,6-8,16-17,19H2,1-5H3. The van der Waals surface area contributed by atoms with E-state index in [9.17, 15) is 13.2 Å². The molecule has 7 nitrogen and oxygen atoms in total. The molecule has 0 aliphatic rings. The number of benzene rings is 2. The predicted octanol–water partition coefficient (Wildman–Crippen LogP) is 3.75. The lowest BCUT2D eigenvalue weighted by Crippen LogP contribution is -2.46. The van der Waals surface area contributed by atoms with Gasteiger partial charge < -0.3 is 19.1 Å². The predicted molar refractivity (Wildman–Crippen MR) is 129 cm³/mol. The fourth-order valence-corrected chi connectivity index (χ4v) is 5.19. The fourth-order valence-electron chi connectivity index (χ4n) is 3.54. The molecule has 0 saturated heterocycles. The Labute approximate surface area is 197 Å². The smallest absolute Gasteiger partial charge is 0.327 e. The summed E-state index contributed by atoms with van der Waals surface area (Å²) in [5, 5.41) is 0. The lowest BCUT2D eigenvalue weighted by atomic mass is 10.00. The highest BCUT2D eigenvalue weighted by atomic mass is 32.2. The SMILES string of the molecule is CCOC(=O)C(C)(Cc1cccc(OCCN(CC)CC)c1)S(=O)(=O)c1ccc(OC)cc1. The quantitative estimate of drug-likeness (QED) is 0.406. The van der Waals surface area contributed by atoms with Crippen molar-refractivity contribution in [2.24, 2.45) is 0 Å². The number of carbonyl (C=O) groups excluding carboxylic acids is 1. The van der Waals surface area contributed by atoms with Crippen LogP contribution in [-0.4, -0.2) is 64.0 Å². The van der Waals surface area contributed by atoms with Gasteiger partial charge in [-0.1, -0.05) is 26.0 Å². The molecule has 0 radical (unpaired) electrons. The van der Waals surface area contributed by atoms with Gasteiger partial charge in [-0.15, -0.1) is 0 Å². The largest absolute Gasteiger partial charge is 0.497 e. The normalized spacial score (nSPS) is 13.4. The Bertz CT molecular complexity index is 1000. The van der Waals surface area contributed by atoms with E-state index in [4.69, 9.17) is 14.2 Å². The summed E-state index contributed by atoms with van der Waals surface area (Å²) in [4.78, 5) is 15.2. The molecule has 8 heteroatoms. The molecule has 33 heavy (non-hydrogen) atoms. The molecule has 1 unspecified atom stereocenters. The molecule has 0 amide bonds. The zero-order valence-electron chi connectivity index (χ0n) is 20.2. The topological polar surface area (TPSA) is 82.1 Å². The van der Waals surface area contributed by atoms with Gasteiger partial charge in [0.1, 0.15) is 18.1 Å². The van der Waals surface area contributed by atoms with Crippen molar-refractivity contribution in [1.29, 1.82) is 0 Å². The van der Waals surface area contributed by atoms with E-state index in [-0.39, 0.29) is 17.9 Å². The molecule has 1 atom stereocenters. The minimum atomic E-state index is -4.07. The molecular formula is C25H35NO6S. The van der Waals surface area contributed by atoms with E-state index in [1.807, 2.05) is 6.07 Å². The van der Waals surface area contributed by atoms with Crippen molar-refractivity contribution < 1.29 is 27.4 Å². The first kappa shape index (κ1) is 26.7. The minimum Gasteiger partial charge on any atom is -0.497 e. The van der Waals surface area contributed by atoms with Crippen molar-refractivity contribution in [2.75, 3.05) is 40.0 Å². The number of hydrogen-bond acceptors (Lipinski definition) is 7. The fraction of sp³-hybridized carbons (Fsp3) is 0.480. The molecule has 0 fully saturated rings. The molecule has 2 aromatic carbocycles. The van der Waals surface area contributed by atoms with Gasteiger partial charge in [0.2, 0.25) is 0 Å². The summed E-state index contributed by atoms with van der Waals surface area (Å²) >= 11 is 0. The zero-order valence-corrected chi connectivity index (χ0v) is 21.0. The lowest BCUT2D eigenvalue weighted by molar-refractivity contribution is -0.145. The van der Waals surface area contributed by atoms with Crippen LogP contribution in [0.15, 0.2) is 53.4 Å². The van der Waals surface area contributed by atoms with Crippen LogP contribution < -0.4 is 9.47 Å². The van der Waals surface area contributed by atoms with Crippen molar-refractivity contribution in [3.63, 3.8) is 0 Å². The van der Waals surface area contributed by atoms with Crippen molar-refractivity contribution in [3.8, 4) is 11.5 Å². The van der Waals surface area contributed by atoms with E-state index in [1.54, 1.807) is 37.3 Å². The highest BCUT2D eigenvalue weighted by molar-refractivity contribution is 7.93. The highest BCUT2D eigenvalue weighted by Gasteiger charge is 2.48. The second-order valence-electron chi connectivity index (χ2n) is 7.83. The molecule has 0 N–H and O–H groups in total. The van der Waals surface area contributed by atoms with Gasteiger partial charge in [-0.3, -0.25) is 4.79 Å². The van der Waals surface area contributed by atoms with E-state index in [2.05, 4.69) is 18.7 Å². The van der Waals surface area contributed by atoms with Gasteiger partial charge in [0, 0.05) is 13.0 Å². The number of ether oxygens (including phenoxy) is 3. The second kappa shape index (κ2) is 12.0. The Balaban J connectivity index is 2.32. The molecule has 2 rings (SSSR count). The Hall–Kier alpha value is -2.58. The third-order valence-electron chi connectivity index (χ3n) is 5.68. The van der Waals surface area contributed by atoms with Crippen LogP contribution in [0.2, 0.25) is 0 Å². The number of carbonyl (C=O) groups is 1. The van der Waals surface area contributed by atoms with E-state index < -0.39 is 20.6 Å². The Kier molecular flexibility index (Phi) is 9.73. The van der Waals surface area contributed by atoms with Crippen LogP contribution in [0.3, 0.4) is 0 Å². The lowest BCUT2D eigenvalue weighted by Gasteiger charge is -2.27. The van der Waals surface area contributed by atoms with Gasteiger partial charge in [-0.05, 0) is 68.9 Å². The first-order chi connectivity index (χ1) is 15.7. The number of methoxy groups -OCH3 is 1. The van der Waals surface area contributed by atoms with E-state index in [0.717, 1.165) is 19.6 Å². The number of nitrogens with zero attached hydrogens (tertiary/aromatic N) is 1. The van der Waals surface area contributed by atoms with Gasteiger partial charge in [-0.25, -0.2) is 8.42 Å². The molecular weight excluding hydrogens is 442 g/mol. The number of esters is 1. The summed E-state index contributed by atoms with van der Waals surface area (Å²) in [5.74, 6) is 0.378. The minimum absolute atomic E-state index is 0.0329. The maximum absolute atomic E-state index is 13.6. The van der Waals surface area contributed by atoms with Crippen LogP contribution in [0.25, 0.3) is 0 Å². The molecule has 0 bridgehead atoms. The Morgan fingerprint density at radius 3 is 2.24 bits per heavy atom. The van der Waals surface area contributed by atoms with Gasteiger partial charge >= 0.3 is 5.97 Å².